The molecule has 0 saturated heterocycles. The van der Waals surface area contributed by atoms with E-state index >= 15 is 0 Å². The van der Waals surface area contributed by atoms with Crippen molar-refractivity contribution in [2.24, 2.45) is 0 Å². The second kappa shape index (κ2) is 8.60. The first-order valence-electron chi connectivity index (χ1n) is 9.40. The van der Waals surface area contributed by atoms with Gasteiger partial charge in [0.25, 0.3) is 5.91 Å². The summed E-state index contributed by atoms with van der Waals surface area (Å²) < 4.78 is 48.4. The molecule has 0 aliphatic heterocycles. The molecular formula is C20H16ClF3N6O2. The summed E-state index contributed by atoms with van der Waals surface area (Å²) in [6.07, 6.45) is -1.80. The number of anilines is 1. The van der Waals surface area contributed by atoms with E-state index in [9.17, 15) is 18.0 Å². The van der Waals surface area contributed by atoms with Crippen molar-refractivity contribution in [2.45, 2.75) is 19.8 Å². The van der Waals surface area contributed by atoms with E-state index in [-0.39, 0.29) is 23.8 Å². The Morgan fingerprint density at radius 2 is 1.97 bits per heavy atom. The lowest BCUT2D eigenvalue weighted by Crippen LogP contribution is -2.15. The molecule has 0 atom stereocenters. The normalized spacial score (nSPS) is 11.8. The molecule has 0 bridgehead atoms. The summed E-state index contributed by atoms with van der Waals surface area (Å²) in [7, 11) is 0. The first kappa shape index (κ1) is 21.8. The van der Waals surface area contributed by atoms with Gasteiger partial charge in [0.05, 0.1) is 23.8 Å². The fourth-order valence-electron chi connectivity index (χ4n) is 2.93. The van der Waals surface area contributed by atoms with Crippen molar-refractivity contribution >= 4 is 28.8 Å². The Morgan fingerprint density at radius 3 is 2.66 bits per heavy atom. The third-order valence-electron chi connectivity index (χ3n) is 4.41. The number of nitrogens with one attached hydrogen (secondary N) is 1. The molecule has 0 spiro atoms. The van der Waals surface area contributed by atoms with Crippen LogP contribution in [0.1, 0.15) is 23.1 Å². The van der Waals surface area contributed by atoms with Crippen LogP contribution in [0.3, 0.4) is 0 Å². The summed E-state index contributed by atoms with van der Waals surface area (Å²) in [5.41, 5.74) is -0.550. The SMILES string of the molecule is CCOCn1cc(NC(=O)c2cc3nc(-c4ccc(Cl)cc4)cc(C(F)(F)F)n3n2)cn1. The van der Waals surface area contributed by atoms with Crippen LogP contribution in [-0.4, -0.2) is 36.9 Å². The molecule has 32 heavy (non-hydrogen) atoms. The van der Waals surface area contributed by atoms with E-state index in [1.54, 1.807) is 24.3 Å². The first-order valence-corrected chi connectivity index (χ1v) is 9.78. The average Bonchev–Trinajstić information content (AvgIpc) is 3.38. The van der Waals surface area contributed by atoms with Gasteiger partial charge < -0.3 is 10.1 Å². The summed E-state index contributed by atoms with van der Waals surface area (Å²) in [5.74, 6) is -0.701. The van der Waals surface area contributed by atoms with Crippen LogP contribution in [0, 0.1) is 0 Å². The van der Waals surface area contributed by atoms with Crippen LogP contribution in [0.25, 0.3) is 16.9 Å². The smallest absolute Gasteiger partial charge is 0.360 e. The number of ether oxygens (including phenoxy) is 1. The van der Waals surface area contributed by atoms with E-state index in [0.29, 0.717) is 27.4 Å². The zero-order valence-corrected chi connectivity index (χ0v) is 17.4. The number of benzene rings is 1. The largest absolute Gasteiger partial charge is 0.433 e. The Hall–Kier alpha value is -3.44. The highest BCUT2D eigenvalue weighted by Crippen LogP contribution is 2.32. The molecule has 166 valence electrons. The van der Waals surface area contributed by atoms with Crippen LogP contribution < -0.4 is 5.32 Å². The number of amides is 1. The van der Waals surface area contributed by atoms with Crippen molar-refractivity contribution in [1.82, 2.24) is 24.4 Å². The van der Waals surface area contributed by atoms with E-state index in [2.05, 4.69) is 20.5 Å². The summed E-state index contributed by atoms with van der Waals surface area (Å²) >= 11 is 5.86. The summed E-state index contributed by atoms with van der Waals surface area (Å²) in [4.78, 5) is 16.8. The summed E-state index contributed by atoms with van der Waals surface area (Å²) in [6, 6.07) is 8.29. The Balaban J connectivity index is 1.68. The molecule has 0 unspecified atom stereocenters. The Morgan fingerprint density at radius 1 is 1.22 bits per heavy atom. The number of carbonyl (C=O) groups excluding carboxylic acids is 1. The zero-order valence-electron chi connectivity index (χ0n) is 16.6. The molecule has 1 N–H and O–H groups in total. The van der Waals surface area contributed by atoms with Gasteiger partial charge in [0, 0.05) is 23.3 Å². The number of rotatable bonds is 6. The van der Waals surface area contributed by atoms with Gasteiger partial charge >= 0.3 is 6.18 Å². The standard InChI is InChI=1S/C20H16ClF3N6O2/c1-2-32-11-29-10-14(9-25-29)26-19(31)16-8-18-27-15(12-3-5-13(21)6-4-12)7-17(20(22,23)24)30(18)28-16/h3-10H,2,11H2,1H3,(H,26,31). The van der Waals surface area contributed by atoms with Gasteiger partial charge in [0.15, 0.2) is 17.0 Å². The molecular weight excluding hydrogens is 449 g/mol. The molecule has 0 radical (unpaired) electrons. The molecule has 12 heteroatoms. The Labute approximate surface area is 184 Å². The Bertz CT molecular complexity index is 1270. The number of fused-ring (bicyclic) bond motifs is 1. The van der Waals surface area contributed by atoms with Crippen molar-refractivity contribution in [2.75, 3.05) is 11.9 Å². The number of carbonyl (C=O) groups is 1. The van der Waals surface area contributed by atoms with E-state index < -0.39 is 17.8 Å². The van der Waals surface area contributed by atoms with Crippen LogP contribution in [0.4, 0.5) is 18.9 Å². The van der Waals surface area contributed by atoms with E-state index in [1.165, 1.54) is 23.1 Å². The lowest BCUT2D eigenvalue weighted by atomic mass is 10.1. The maximum absolute atomic E-state index is 13.7. The number of halogens is 4. The predicted molar refractivity (Wildman–Crippen MR) is 110 cm³/mol. The highest BCUT2D eigenvalue weighted by molar-refractivity contribution is 6.30. The third kappa shape index (κ3) is 4.58. The van der Waals surface area contributed by atoms with Crippen molar-refractivity contribution < 1.29 is 22.7 Å². The van der Waals surface area contributed by atoms with Crippen molar-refractivity contribution in [1.29, 1.82) is 0 Å². The summed E-state index contributed by atoms with van der Waals surface area (Å²) in [6.45, 7) is 2.53. The second-order valence-corrected chi connectivity index (χ2v) is 7.11. The van der Waals surface area contributed by atoms with Crippen molar-refractivity contribution in [3.63, 3.8) is 0 Å². The number of hydrogen-bond donors (Lipinski definition) is 1. The van der Waals surface area contributed by atoms with E-state index in [1.807, 2.05) is 6.92 Å². The van der Waals surface area contributed by atoms with Gasteiger partial charge in [-0.2, -0.15) is 23.4 Å². The zero-order chi connectivity index (χ0) is 22.9. The van der Waals surface area contributed by atoms with Gasteiger partial charge in [-0.05, 0) is 25.1 Å². The maximum atomic E-state index is 13.7. The molecule has 1 aromatic carbocycles. The number of aromatic nitrogens is 5. The molecule has 4 rings (SSSR count). The maximum Gasteiger partial charge on any atom is 0.433 e. The summed E-state index contributed by atoms with van der Waals surface area (Å²) in [5, 5.41) is 10.8. The van der Waals surface area contributed by atoms with E-state index in [0.717, 1.165) is 6.07 Å². The minimum atomic E-state index is -4.72. The quantitative estimate of drug-likeness (QED) is 0.453. The van der Waals surface area contributed by atoms with Crippen LogP contribution >= 0.6 is 11.6 Å². The van der Waals surface area contributed by atoms with Gasteiger partial charge in [-0.3, -0.25) is 4.79 Å². The average molecular weight is 465 g/mol. The topological polar surface area (TPSA) is 86.3 Å². The minimum absolute atomic E-state index is 0.0746. The highest BCUT2D eigenvalue weighted by atomic mass is 35.5. The van der Waals surface area contributed by atoms with Gasteiger partial charge in [-0.25, -0.2) is 14.2 Å². The predicted octanol–water partition coefficient (Wildman–Crippen LogP) is 4.51. The molecule has 0 aliphatic rings. The molecule has 0 aliphatic carbocycles. The molecule has 3 aromatic heterocycles. The fraction of sp³-hybridized carbons (Fsp3) is 0.200. The third-order valence-corrected chi connectivity index (χ3v) is 4.66. The molecule has 1 amide bonds. The minimum Gasteiger partial charge on any atom is -0.360 e. The van der Waals surface area contributed by atoms with Crippen LogP contribution in [0.2, 0.25) is 5.02 Å². The van der Waals surface area contributed by atoms with E-state index in [4.69, 9.17) is 16.3 Å². The van der Waals surface area contributed by atoms with Gasteiger partial charge in [0.1, 0.15) is 6.73 Å². The molecule has 0 fully saturated rings. The van der Waals surface area contributed by atoms with Crippen molar-refractivity contribution in [3.05, 3.63) is 65.2 Å². The number of nitrogens with zero attached hydrogens (tertiary/aromatic N) is 5. The highest BCUT2D eigenvalue weighted by Gasteiger charge is 2.35. The molecule has 0 saturated carbocycles. The number of alkyl halides is 3. The van der Waals surface area contributed by atoms with Crippen LogP contribution in [0.15, 0.2) is 48.8 Å². The molecule has 4 aromatic rings. The monoisotopic (exact) mass is 464 g/mol. The van der Waals surface area contributed by atoms with Crippen LogP contribution in [-0.2, 0) is 17.6 Å². The lowest BCUT2D eigenvalue weighted by molar-refractivity contribution is -0.142. The van der Waals surface area contributed by atoms with Crippen LogP contribution in [0.5, 0.6) is 0 Å². The second-order valence-electron chi connectivity index (χ2n) is 6.68. The lowest BCUT2D eigenvalue weighted by Gasteiger charge is -2.11. The van der Waals surface area contributed by atoms with Gasteiger partial charge in [-0.15, -0.1) is 0 Å². The molecule has 8 nitrogen and oxygen atoms in total. The van der Waals surface area contributed by atoms with Crippen molar-refractivity contribution in [3.8, 4) is 11.3 Å². The molecule has 3 heterocycles. The van der Waals surface area contributed by atoms with Gasteiger partial charge in [0.2, 0.25) is 0 Å². The number of hydrogen-bond acceptors (Lipinski definition) is 5. The van der Waals surface area contributed by atoms with Gasteiger partial charge in [-0.1, -0.05) is 23.7 Å². The Kier molecular flexibility index (Phi) is 5.85. The fourth-order valence-corrected chi connectivity index (χ4v) is 3.06. The first-order chi connectivity index (χ1) is 15.2.